The van der Waals surface area contributed by atoms with Crippen molar-refractivity contribution in [2.75, 3.05) is 32.7 Å². The Bertz CT molecular complexity index is 468. The first kappa shape index (κ1) is 17.8. The summed E-state index contributed by atoms with van der Waals surface area (Å²) in [5, 5.41) is 0. The van der Waals surface area contributed by atoms with Crippen molar-refractivity contribution in [2.45, 2.75) is 46.6 Å². The van der Waals surface area contributed by atoms with E-state index >= 15 is 0 Å². The predicted molar refractivity (Wildman–Crippen MR) is 87.6 cm³/mol. The van der Waals surface area contributed by atoms with Crippen molar-refractivity contribution in [3.8, 4) is 0 Å². The van der Waals surface area contributed by atoms with Crippen LogP contribution in [0.1, 0.15) is 40.5 Å². The Kier molecular flexibility index (Phi) is 5.65. The number of carbonyl (C=O) groups excluding carboxylic acids is 3. The van der Waals surface area contributed by atoms with Crippen LogP contribution in [-0.2, 0) is 14.4 Å². The van der Waals surface area contributed by atoms with Crippen LogP contribution in [0.25, 0.3) is 0 Å². The highest BCUT2D eigenvalue weighted by atomic mass is 16.2. The molecule has 0 saturated carbocycles. The van der Waals surface area contributed by atoms with Crippen LogP contribution in [0.3, 0.4) is 0 Å². The third-order valence-corrected chi connectivity index (χ3v) is 4.66. The van der Waals surface area contributed by atoms with Crippen molar-refractivity contribution < 1.29 is 14.4 Å². The van der Waals surface area contributed by atoms with Gasteiger partial charge in [-0.3, -0.25) is 14.4 Å². The number of amides is 3. The molecule has 0 radical (unpaired) electrons. The molecule has 130 valence electrons. The lowest BCUT2D eigenvalue weighted by Crippen LogP contribution is -2.52. The fourth-order valence-electron chi connectivity index (χ4n) is 3.31. The fraction of sp³-hybridized carbons (Fsp3) is 0.824. The van der Waals surface area contributed by atoms with Crippen molar-refractivity contribution in [1.29, 1.82) is 0 Å². The van der Waals surface area contributed by atoms with E-state index in [0.717, 1.165) is 0 Å². The van der Waals surface area contributed by atoms with Gasteiger partial charge in [0, 0.05) is 51.6 Å². The molecule has 0 aromatic heterocycles. The van der Waals surface area contributed by atoms with Crippen LogP contribution in [0.2, 0.25) is 0 Å². The zero-order valence-electron chi connectivity index (χ0n) is 14.7. The summed E-state index contributed by atoms with van der Waals surface area (Å²) in [5.41, 5.74) is 0. The monoisotopic (exact) mass is 323 g/mol. The van der Waals surface area contributed by atoms with E-state index in [0.29, 0.717) is 51.5 Å². The fourth-order valence-corrected chi connectivity index (χ4v) is 3.31. The van der Waals surface area contributed by atoms with E-state index in [9.17, 15) is 14.4 Å². The molecular weight excluding hydrogens is 294 g/mol. The summed E-state index contributed by atoms with van der Waals surface area (Å²) in [6.07, 6.45) is 0.887. The molecule has 6 nitrogen and oxygen atoms in total. The highest BCUT2D eigenvalue weighted by molar-refractivity contribution is 5.89. The number of nitrogens with zero attached hydrogens (tertiary/aromatic N) is 3. The van der Waals surface area contributed by atoms with E-state index < -0.39 is 0 Å². The molecule has 2 rings (SSSR count). The molecule has 2 saturated heterocycles. The van der Waals surface area contributed by atoms with Gasteiger partial charge in [0.1, 0.15) is 0 Å². The lowest BCUT2D eigenvalue weighted by atomic mass is 10.1. The summed E-state index contributed by atoms with van der Waals surface area (Å²) in [6, 6.07) is 0.144. The lowest BCUT2D eigenvalue weighted by molar-refractivity contribution is -0.142. The molecule has 0 aliphatic carbocycles. The van der Waals surface area contributed by atoms with Gasteiger partial charge in [0.15, 0.2) is 0 Å². The van der Waals surface area contributed by atoms with Crippen LogP contribution in [0, 0.1) is 11.8 Å². The average molecular weight is 323 g/mol. The second kappa shape index (κ2) is 7.32. The molecule has 2 heterocycles. The van der Waals surface area contributed by atoms with Gasteiger partial charge < -0.3 is 14.7 Å². The Morgan fingerprint density at radius 2 is 1.61 bits per heavy atom. The van der Waals surface area contributed by atoms with Gasteiger partial charge in [-0.15, -0.1) is 0 Å². The second-order valence-corrected chi connectivity index (χ2v) is 7.34. The molecule has 1 atom stereocenters. The number of carbonyl (C=O) groups is 3. The third-order valence-electron chi connectivity index (χ3n) is 4.66. The minimum atomic E-state index is -0.220. The molecule has 2 fully saturated rings. The Morgan fingerprint density at radius 3 is 2.09 bits per heavy atom. The summed E-state index contributed by atoms with van der Waals surface area (Å²) >= 11 is 0. The maximum absolute atomic E-state index is 12.6. The second-order valence-electron chi connectivity index (χ2n) is 7.34. The van der Waals surface area contributed by atoms with E-state index in [4.69, 9.17) is 0 Å². The summed E-state index contributed by atoms with van der Waals surface area (Å²) < 4.78 is 0. The molecule has 3 amide bonds. The Hall–Kier alpha value is -1.59. The van der Waals surface area contributed by atoms with Gasteiger partial charge in [-0.1, -0.05) is 13.8 Å². The molecule has 6 heteroatoms. The highest BCUT2D eigenvalue weighted by Crippen LogP contribution is 2.23. The van der Waals surface area contributed by atoms with Crippen LogP contribution in [0.4, 0.5) is 0 Å². The smallest absolute Gasteiger partial charge is 0.228 e. The van der Waals surface area contributed by atoms with Gasteiger partial charge in [0.2, 0.25) is 17.7 Å². The zero-order valence-corrected chi connectivity index (χ0v) is 14.7. The van der Waals surface area contributed by atoms with E-state index in [-0.39, 0.29) is 29.7 Å². The minimum Gasteiger partial charge on any atom is -0.339 e. The van der Waals surface area contributed by atoms with Crippen molar-refractivity contribution in [3.63, 3.8) is 0 Å². The first-order valence-corrected chi connectivity index (χ1v) is 8.65. The molecule has 0 aromatic rings. The van der Waals surface area contributed by atoms with E-state index in [2.05, 4.69) is 0 Å². The predicted octanol–water partition coefficient (Wildman–Crippen LogP) is 0.960. The molecular formula is C17H29N3O3. The Morgan fingerprint density at radius 1 is 1.04 bits per heavy atom. The molecule has 0 N–H and O–H groups in total. The van der Waals surface area contributed by atoms with Crippen LogP contribution >= 0.6 is 0 Å². The number of likely N-dealkylation sites (tertiary alicyclic amines) is 1. The molecule has 2 aliphatic rings. The van der Waals surface area contributed by atoms with Gasteiger partial charge in [0.05, 0.1) is 5.92 Å². The van der Waals surface area contributed by atoms with Crippen molar-refractivity contribution in [1.82, 2.24) is 14.7 Å². The summed E-state index contributed by atoms with van der Waals surface area (Å²) in [5.74, 6) is 0.451. The summed E-state index contributed by atoms with van der Waals surface area (Å²) in [4.78, 5) is 42.1. The summed E-state index contributed by atoms with van der Waals surface area (Å²) in [6.45, 7) is 10.9. The highest BCUT2D eigenvalue weighted by Gasteiger charge is 2.38. The summed E-state index contributed by atoms with van der Waals surface area (Å²) in [7, 11) is 0. The van der Waals surface area contributed by atoms with Crippen molar-refractivity contribution in [2.24, 2.45) is 11.8 Å². The van der Waals surface area contributed by atoms with Gasteiger partial charge in [-0.25, -0.2) is 0 Å². The molecule has 0 bridgehead atoms. The Labute approximate surface area is 138 Å². The number of piperazine rings is 1. The average Bonchev–Trinajstić information content (AvgIpc) is 2.88. The maximum atomic E-state index is 12.6. The number of hydrogen-bond acceptors (Lipinski definition) is 3. The Balaban J connectivity index is 1.85. The van der Waals surface area contributed by atoms with Gasteiger partial charge in [0.25, 0.3) is 0 Å². The maximum Gasteiger partial charge on any atom is 0.228 e. The largest absolute Gasteiger partial charge is 0.339 e. The zero-order chi connectivity index (χ0) is 17.1. The quantitative estimate of drug-likeness (QED) is 0.774. The van der Waals surface area contributed by atoms with Crippen LogP contribution in [0.5, 0.6) is 0 Å². The molecule has 1 unspecified atom stereocenters. The minimum absolute atomic E-state index is 0.0671. The molecule has 0 aromatic carbocycles. The lowest BCUT2D eigenvalue weighted by Gasteiger charge is -2.36. The molecule has 23 heavy (non-hydrogen) atoms. The van der Waals surface area contributed by atoms with Gasteiger partial charge in [-0.05, 0) is 19.8 Å². The molecule has 2 aliphatic heterocycles. The standard InChI is InChI=1S/C17H29N3O3/c1-12(2)9-15(21)18-5-7-19(8-6-18)17(23)14-10-16(22)20(11-14)13(3)4/h12-14H,5-11H2,1-4H3. The van der Waals surface area contributed by atoms with Crippen molar-refractivity contribution >= 4 is 17.7 Å². The SMILES string of the molecule is CC(C)CC(=O)N1CCN(C(=O)C2CC(=O)N(C(C)C)C2)CC1. The van der Waals surface area contributed by atoms with Crippen LogP contribution < -0.4 is 0 Å². The van der Waals surface area contributed by atoms with E-state index in [1.165, 1.54) is 0 Å². The van der Waals surface area contributed by atoms with Gasteiger partial charge in [-0.2, -0.15) is 0 Å². The van der Waals surface area contributed by atoms with E-state index in [1.807, 2.05) is 37.5 Å². The van der Waals surface area contributed by atoms with Crippen molar-refractivity contribution in [3.05, 3.63) is 0 Å². The normalized spacial score (nSPS) is 22.4. The topological polar surface area (TPSA) is 60.9 Å². The molecule has 0 spiro atoms. The number of hydrogen-bond donors (Lipinski definition) is 0. The number of rotatable bonds is 4. The first-order chi connectivity index (χ1) is 10.8. The van der Waals surface area contributed by atoms with Gasteiger partial charge >= 0.3 is 0 Å². The first-order valence-electron chi connectivity index (χ1n) is 8.65. The third kappa shape index (κ3) is 4.24. The van der Waals surface area contributed by atoms with E-state index in [1.54, 1.807) is 4.90 Å². The van der Waals surface area contributed by atoms with Crippen LogP contribution in [-0.4, -0.2) is 71.2 Å². The van der Waals surface area contributed by atoms with Crippen LogP contribution in [0.15, 0.2) is 0 Å².